The lowest BCUT2D eigenvalue weighted by molar-refractivity contribution is -0.120. The molecule has 0 saturated heterocycles. The van der Waals surface area contributed by atoms with E-state index < -0.39 is 0 Å². The predicted molar refractivity (Wildman–Crippen MR) is 88.3 cm³/mol. The quantitative estimate of drug-likeness (QED) is 0.754. The predicted octanol–water partition coefficient (Wildman–Crippen LogP) is 2.60. The highest BCUT2D eigenvalue weighted by molar-refractivity contribution is 5.78. The molecular formula is C18H17N3O3. The van der Waals surface area contributed by atoms with Gasteiger partial charge in [-0.25, -0.2) is 0 Å². The molecule has 6 heteroatoms. The summed E-state index contributed by atoms with van der Waals surface area (Å²) in [5, 5.41) is 6.85. The van der Waals surface area contributed by atoms with E-state index in [1.54, 1.807) is 19.5 Å². The van der Waals surface area contributed by atoms with Crippen LogP contribution < -0.4 is 10.1 Å². The van der Waals surface area contributed by atoms with Crippen LogP contribution in [0.25, 0.3) is 11.3 Å². The first-order valence-corrected chi connectivity index (χ1v) is 7.50. The zero-order valence-electron chi connectivity index (χ0n) is 13.2. The van der Waals surface area contributed by atoms with Crippen LogP contribution in [0.15, 0.2) is 59.4 Å². The Morgan fingerprint density at radius 2 is 2.04 bits per heavy atom. The van der Waals surface area contributed by atoms with Crippen LogP contribution in [0.4, 0.5) is 0 Å². The molecule has 2 aromatic heterocycles. The third-order valence-corrected chi connectivity index (χ3v) is 3.50. The molecule has 24 heavy (non-hydrogen) atoms. The molecule has 1 aromatic carbocycles. The molecule has 3 rings (SSSR count). The van der Waals surface area contributed by atoms with Crippen molar-refractivity contribution >= 4 is 5.91 Å². The van der Waals surface area contributed by atoms with E-state index in [2.05, 4.69) is 15.5 Å². The number of hydrogen-bond acceptors (Lipinski definition) is 5. The number of nitrogens with zero attached hydrogens (tertiary/aromatic N) is 2. The minimum Gasteiger partial charge on any atom is -0.497 e. The van der Waals surface area contributed by atoms with Crippen LogP contribution in [0.1, 0.15) is 11.3 Å². The first-order valence-electron chi connectivity index (χ1n) is 7.50. The zero-order chi connectivity index (χ0) is 16.8. The lowest BCUT2D eigenvalue weighted by Gasteiger charge is -2.02. The maximum absolute atomic E-state index is 11.9. The van der Waals surface area contributed by atoms with Gasteiger partial charge in [0.05, 0.1) is 20.1 Å². The number of carbonyl (C=O) groups excluding carboxylic acids is 1. The summed E-state index contributed by atoms with van der Waals surface area (Å²) in [7, 11) is 1.62. The normalized spacial score (nSPS) is 10.4. The summed E-state index contributed by atoms with van der Waals surface area (Å²) in [4.78, 5) is 15.9. The van der Waals surface area contributed by atoms with Gasteiger partial charge in [0.15, 0.2) is 5.76 Å². The molecule has 0 fully saturated rings. The van der Waals surface area contributed by atoms with E-state index in [1.165, 1.54) is 0 Å². The minimum atomic E-state index is -0.0828. The molecule has 3 aromatic rings. The van der Waals surface area contributed by atoms with Crippen molar-refractivity contribution in [1.29, 1.82) is 0 Å². The number of carbonyl (C=O) groups is 1. The summed E-state index contributed by atoms with van der Waals surface area (Å²) in [5.41, 5.74) is 2.51. The topological polar surface area (TPSA) is 77.2 Å². The number of nitrogens with one attached hydrogen (secondary N) is 1. The van der Waals surface area contributed by atoms with Gasteiger partial charge in [-0.05, 0) is 29.8 Å². The largest absolute Gasteiger partial charge is 0.497 e. The number of hydrogen-bond donors (Lipinski definition) is 1. The molecule has 122 valence electrons. The molecule has 0 unspecified atom stereocenters. The van der Waals surface area contributed by atoms with Gasteiger partial charge >= 0.3 is 0 Å². The van der Waals surface area contributed by atoms with E-state index in [0.29, 0.717) is 24.4 Å². The summed E-state index contributed by atoms with van der Waals surface area (Å²) in [6.45, 7) is 0.293. The first kappa shape index (κ1) is 15.7. The molecule has 0 radical (unpaired) electrons. The lowest BCUT2D eigenvalue weighted by Crippen LogP contribution is -2.24. The second-order valence-electron chi connectivity index (χ2n) is 5.22. The molecule has 0 aliphatic heterocycles. The van der Waals surface area contributed by atoms with E-state index in [4.69, 9.17) is 9.26 Å². The van der Waals surface area contributed by atoms with Crippen LogP contribution in [0.2, 0.25) is 0 Å². The Morgan fingerprint density at radius 3 is 2.83 bits per heavy atom. The Labute approximate surface area is 139 Å². The van der Waals surface area contributed by atoms with Crippen LogP contribution in [0.5, 0.6) is 5.75 Å². The summed E-state index contributed by atoms with van der Waals surface area (Å²) < 4.78 is 10.5. The van der Waals surface area contributed by atoms with Gasteiger partial charge in [0.25, 0.3) is 0 Å². The molecule has 6 nitrogen and oxygen atoms in total. The second kappa shape index (κ2) is 7.41. The van der Waals surface area contributed by atoms with Gasteiger partial charge < -0.3 is 14.6 Å². The van der Waals surface area contributed by atoms with Crippen molar-refractivity contribution in [3.63, 3.8) is 0 Å². The molecule has 0 aliphatic rings. The van der Waals surface area contributed by atoms with E-state index in [9.17, 15) is 4.79 Å². The Hall–Kier alpha value is -3.15. The van der Waals surface area contributed by atoms with Crippen molar-refractivity contribution < 1.29 is 14.1 Å². The molecule has 0 bridgehead atoms. The van der Waals surface area contributed by atoms with Crippen LogP contribution in [0, 0.1) is 0 Å². The van der Waals surface area contributed by atoms with Crippen molar-refractivity contribution in [3.8, 4) is 17.0 Å². The molecule has 0 spiro atoms. The number of aromatic nitrogens is 2. The molecule has 0 aliphatic carbocycles. The number of amides is 1. The van der Waals surface area contributed by atoms with E-state index in [0.717, 1.165) is 16.9 Å². The van der Waals surface area contributed by atoms with Crippen LogP contribution in [-0.4, -0.2) is 23.2 Å². The van der Waals surface area contributed by atoms with E-state index in [-0.39, 0.29) is 5.91 Å². The van der Waals surface area contributed by atoms with Crippen LogP contribution in [0.3, 0.4) is 0 Å². The third-order valence-electron chi connectivity index (χ3n) is 3.50. The fourth-order valence-corrected chi connectivity index (χ4v) is 2.25. The van der Waals surface area contributed by atoms with E-state index in [1.807, 2.05) is 42.5 Å². The van der Waals surface area contributed by atoms with Crippen molar-refractivity contribution in [2.24, 2.45) is 0 Å². The Balaban J connectivity index is 1.59. The summed E-state index contributed by atoms with van der Waals surface area (Å²) in [5.74, 6) is 1.26. The molecule has 0 atom stereocenters. The molecular weight excluding hydrogens is 306 g/mol. The SMILES string of the molecule is COc1cccc(-c2cc(CNC(=O)Cc3ccncc3)on2)c1. The Morgan fingerprint density at radius 1 is 1.21 bits per heavy atom. The molecule has 0 saturated carbocycles. The van der Waals surface area contributed by atoms with Gasteiger partial charge in [0.2, 0.25) is 5.91 Å². The second-order valence-corrected chi connectivity index (χ2v) is 5.22. The number of benzene rings is 1. The monoisotopic (exact) mass is 323 g/mol. The van der Waals surface area contributed by atoms with Gasteiger partial charge in [0, 0.05) is 24.0 Å². The van der Waals surface area contributed by atoms with Gasteiger partial charge in [-0.15, -0.1) is 0 Å². The molecule has 1 amide bonds. The minimum absolute atomic E-state index is 0.0828. The van der Waals surface area contributed by atoms with Crippen LogP contribution >= 0.6 is 0 Å². The Bertz CT molecular complexity index is 815. The summed E-state index contributed by atoms with van der Waals surface area (Å²) >= 11 is 0. The number of ether oxygens (including phenoxy) is 1. The summed E-state index contributed by atoms with van der Waals surface area (Å²) in [6.07, 6.45) is 3.64. The highest BCUT2D eigenvalue weighted by Crippen LogP contribution is 2.23. The maximum Gasteiger partial charge on any atom is 0.224 e. The fourth-order valence-electron chi connectivity index (χ4n) is 2.25. The fraction of sp³-hybridized carbons (Fsp3) is 0.167. The Kier molecular flexibility index (Phi) is 4.86. The van der Waals surface area contributed by atoms with Crippen LogP contribution in [-0.2, 0) is 17.8 Å². The van der Waals surface area contributed by atoms with Crippen molar-refractivity contribution in [1.82, 2.24) is 15.5 Å². The standard InChI is InChI=1S/C18H17N3O3/c1-23-15-4-2-3-14(10-15)17-11-16(24-21-17)12-20-18(22)9-13-5-7-19-8-6-13/h2-8,10-11H,9,12H2,1H3,(H,20,22). The zero-order valence-corrected chi connectivity index (χ0v) is 13.2. The highest BCUT2D eigenvalue weighted by Gasteiger charge is 2.09. The lowest BCUT2D eigenvalue weighted by atomic mass is 10.1. The van der Waals surface area contributed by atoms with E-state index >= 15 is 0 Å². The molecule has 2 heterocycles. The first-order chi connectivity index (χ1) is 11.7. The van der Waals surface area contributed by atoms with Gasteiger partial charge in [-0.3, -0.25) is 9.78 Å². The summed E-state index contributed by atoms with van der Waals surface area (Å²) in [6, 6.07) is 13.0. The average Bonchev–Trinajstić information content (AvgIpc) is 3.10. The highest BCUT2D eigenvalue weighted by atomic mass is 16.5. The van der Waals surface area contributed by atoms with Gasteiger partial charge in [-0.1, -0.05) is 17.3 Å². The average molecular weight is 323 g/mol. The number of rotatable bonds is 6. The maximum atomic E-state index is 11.9. The van der Waals surface area contributed by atoms with Crippen molar-refractivity contribution in [3.05, 3.63) is 66.2 Å². The number of pyridine rings is 1. The molecule has 1 N–H and O–H groups in total. The van der Waals surface area contributed by atoms with Crippen molar-refractivity contribution in [2.45, 2.75) is 13.0 Å². The van der Waals surface area contributed by atoms with Crippen molar-refractivity contribution in [2.75, 3.05) is 7.11 Å². The smallest absolute Gasteiger partial charge is 0.224 e. The van der Waals surface area contributed by atoms with Gasteiger partial charge in [0.1, 0.15) is 11.4 Å². The number of methoxy groups -OCH3 is 1. The third kappa shape index (κ3) is 3.98. The van der Waals surface area contributed by atoms with Gasteiger partial charge in [-0.2, -0.15) is 0 Å².